The van der Waals surface area contributed by atoms with Crippen molar-refractivity contribution in [1.82, 2.24) is 0 Å². The van der Waals surface area contributed by atoms with Crippen LogP contribution in [0.1, 0.15) is 53.4 Å². The Kier molecular flexibility index (Phi) is 7.18. The van der Waals surface area contributed by atoms with Crippen LogP contribution in [0.25, 0.3) is 0 Å². The third-order valence-corrected chi connectivity index (χ3v) is 3.28. The second-order valence-corrected chi connectivity index (χ2v) is 4.19. The predicted molar refractivity (Wildman–Crippen MR) is 63.1 cm³/mol. The number of ketones is 2. The van der Waals surface area contributed by atoms with E-state index >= 15 is 0 Å². The maximum atomic E-state index is 13.7. The molecule has 0 aliphatic rings. The fraction of sp³-hybridized carbons (Fsp3) is 0.846. The molecule has 0 rings (SSSR count). The number of carbonyl (C=O) groups excluding carboxylic acids is 2. The molecule has 0 N–H and O–H groups in total. The van der Waals surface area contributed by atoms with Crippen LogP contribution in [0.15, 0.2) is 0 Å². The van der Waals surface area contributed by atoms with Crippen LogP contribution < -0.4 is 0 Å². The Labute approximate surface area is 97.6 Å². The highest BCUT2D eigenvalue weighted by Gasteiger charge is 2.33. The van der Waals surface area contributed by atoms with E-state index in [1.807, 2.05) is 27.7 Å². The molecular formula is C13H23FO2. The molecule has 2 nitrogen and oxygen atoms in total. The average molecular weight is 230 g/mol. The van der Waals surface area contributed by atoms with Gasteiger partial charge in [0, 0.05) is 11.8 Å². The highest BCUT2D eigenvalue weighted by molar-refractivity contribution is 6.06. The lowest BCUT2D eigenvalue weighted by atomic mass is 9.88. The number of hydrogen-bond acceptors (Lipinski definition) is 2. The van der Waals surface area contributed by atoms with E-state index in [4.69, 9.17) is 0 Å². The predicted octanol–water partition coefficient (Wildman–Crippen LogP) is 3.34. The maximum absolute atomic E-state index is 13.7. The number of hydrogen-bond donors (Lipinski definition) is 0. The number of Topliss-reactive ketones (excluding diaryl/α,β-unsaturated/α-hetero) is 2. The zero-order chi connectivity index (χ0) is 12.7. The van der Waals surface area contributed by atoms with Gasteiger partial charge in [-0.3, -0.25) is 9.59 Å². The minimum atomic E-state index is -1.91. The normalized spacial score (nSPS) is 11.5. The lowest BCUT2D eigenvalue weighted by molar-refractivity contribution is -0.138. The van der Waals surface area contributed by atoms with Crippen LogP contribution in [0.2, 0.25) is 0 Å². The first kappa shape index (κ1) is 15.3. The lowest BCUT2D eigenvalue weighted by Gasteiger charge is -2.17. The molecule has 0 unspecified atom stereocenters. The molecule has 16 heavy (non-hydrogen) atoms. The van der Waals surface area contributed by atoms with Gasteiger partial charge >= 0.3 is 0 Å². The molecule has 0 saturated carbocycles. The summed E-state index contributed by atoms with van der Waals surface area (Å²) >= 11 is 0. The molecule has 3 heteroatoms. The zero-order valence-electron chi connectivity index (χ0n) is 10.8. The monoisotopic (exact) mass is 230 g/mol. The minimum absolute atomic E-state index is 0.312. The van der Waals surface area contributed by atoms with Gasteiger partial charge in [0.2, 0.25) is 6.17 Å². The van der Waals surface area contributed by atoms with E-state index in [2.05, 4.69) is 0 Å². The van der Waals surface area contributed by atoms with E-state index in [-0.39, 0.29) is 11.8 Å². The van der Waals surface area contributed by atoms with E-state index in [1.54, 1.807) is 0 Å². The third kappa shape index (κ3) is 3.69. The fourth-order valence-corrected chi connectivity index (χ4v) is 1.94. The van der Waals surface area contributed by atoms with Gasteiger partial charge in [-0.25, -0.2) is 4.39 Å². The molecule has 0 amide bonds. The highest BCUT2D eigenvalue weighted by atomic mass is 19.1. The summed E-state index contributed by atoms with van der Waals surface area (Å²) in [5.41, 5.74) is 0. The van der Waals surface area contributed by atoms with Gasteiger partial charge in [-0.2, -0.15) is 0 Å². The van der Waals surface area contributed by atoms with E-state index in [1.165, 1.54) is 0 Å². The molecule has 94 valence electrons. The van der Waals surface area contributed by atoms with E-state index in [0.29, 0.717) is 25.7 Å². The van der Waals surface area contributed by atoms with Gasteiger partial charge in [0.1, 0.15) is 0 Å². The van der Waals surface area contributed by atoms with Crippen LogP contribution in [-0.4, -0.2) is 17.7 Å². The van der Waals surface area contributed by atoms with Crippen molar-refractivity contribution in [2.75, 3.05) is 0 Å². The third-order valence-electron chi connectivity index (χ3n) is 3.28. The molecule has 0 aromatic heterocycles. The summed E-state index contributed by atoms with van der Waals surface area (Å²) in [6, 6.07) is 0. The van der Waals surface area contributed by atoms with E-state index in [0.717, 1.165) is 0 Å². The second-order valence-electron chi connectivity index (χ2n) is 4.19. The zero-order valence-corrected chi connectivity index (χ0v) is 10.8. The minimum Gasteiger partial charge on any atom is -0.296 e. The van der Waals surface area contributed by atoms with Crippen LogP contribution in [0.5, 0.6) is 0 Å². The lowest BCUT2D eigenvalue weighted by Crippen LogP contribution is -2.35. The maximum Gasteiger partial charge on any atom is 0.216 e. The van der Waals surface area contributed by atoms with Crippen molar-refractivity contribution >= 4 is 11.6 Å². The summed E-state index contributed by atoms with van der Waals surface area (Å²) in [7, 11) is 0. The Morgan fingerprint density at radius 3 is 1.25 bits per heavy atom. The van der Waals surface area contributed by atoms with Crippen LogP contribution in [-0.2, 0) is 9.59 Å². The van der Waals surface area contributed by atoms with Crippen LogP contribution >= 0.6 is 0 Å². The van der Waals surface area contributed by atoms with Crippen molar-refractivity contribution in [2.45, 2.75) is 59.5 Å². The van der Waals surface area contributed by atoms with Crippen molar-refractivity contribution < 1.29 is 14.0 Å². The Morgan fingerprint density at radius 1 is 0.812 bits per heavy atom. The number of rotatable bonds is 8. The summed E-state index contributed by atoms with van der Waals surface area (Å²) in [6.45, 7) is 7.39. The van der Waals surface area contributed by atoms with E-state index < -0.39 is 17.7 Å². The van der Waals surface area contributed by atoms with Gasteiger partial charge in [0.15, 0.2) is 11.6 Å². The SMILES string of the molecule is CCC(CC)C(=O)C(F)C(=O)C(CC)CC. The first-order valence-electron chi connectivity index (χ1n) is 6.24. The highest BCUT2D eigenvalue weighted by Crippen LogP contribution is 2.19. The number of carbonyl (C=O) groups is 2. The second kappa shape index (κ2) is 7.53. The smallest absolute Gasteiger partial charge is 0.216 e. The summed E-state index contributed by atoms with van der Waals surface area (Å²) in [5, 5.41) is 0. The summed E-state index contributed by atoms with van der Waals surface area (Å²) in [4.78, 5) is 23.4. The molecular weight excluding hydrogens is 207 g/mol. The van der Waals surface area contributed by atoms with Gasteiger partial charge in [-0.1, -0.05) is 27.7 Å². The molecule has 0 bridgehead atoms. The standard InChI is InChI=1S/C13H23FO2/c1-5-9(6-2)12(15)11(14)13(16)10(7-3)8-4/h9-11H,5-8H2,1-4H3. The Balaban J connectivity index is 4.59. The van der Waals surface area contributed by atoms with Gasteiger partial charge < -0.3 is 0 Å². The summed E-state index contributed by atoms with van der Waals surface area (Å²) in [5.74, 6) is -1.68. The van der Waals surface area contributed by atoms with Gasteiger partial charge in [-0.15, -0.1) is 0 Å². The van der Waals surface area contributed by atoms with E-state index in [9.17, 15) is 14.0 Å². The molecule has 0 aromatic carbocycles. The quantitative estimate of drug-likeness (QED) is 0.599. The molecule has 0 fully saturated rings. The number of alkyl halides is 1. The Bertz CT molecular complexity index is 206. The molecule has 0 radical (unpaired) electrons. The van der Waals surface area contributed by atoms with Crippen LogP contribution in [0.4, 0.5) is 4.39 Å². The van der Waals surface area contributed by atoms with Gasteiger partial charge in [0.05, 0.1) is 0 Å². The molecule has 0 aromatic rings. The molecule has 0 heterocycles. The largest absolute Gasteiger partial charge is 0.296 e. The first-order chi connectivity index (χ1) is 7.53. The van der Waals surface area contributed by atoms with Crippen LogP contribution in [0.3, 0.4) is 0 Å². The molecule has 0 aliphatic carbocycles. The van der Waals surface area contributed by atoms with Gasteiger partial charge in [0.25, 0.3) is 0 Å². The van der Waals surface area contributed by atoms with Crippen molar-refractivity contribution in [1.29, 1.82) is 0 Å². The average Bonchev–Trinajstić information content (AvgIpc) is 2.30. The summed E-state index contributed by atoms with van der Waals surface area (Å²) < 4.78 is 13.7. The first-order valence-corrected chi connectivity index (χ1v) is 6.24. The van der Waals surface area contributed by atoms with Crippen molar-refractivity contribution in [3.05, 3.63) is 0 Å². The molecule has 0 aliphatic heterocycles. The van der Waals surface area contributed by atoms with Crippen molar-refractivity contribution in [3.8, 4) is 0 Å². The Morgan fingerprint density at radius 2 is 1.06 bits per heavy atom. The molecule has 0 spiro atoms. The molecule has 0 atom stereocenters. The van der Waals surface area contributed by atoms with Crippen molar-refractivity contribution in [2.24, 2.45) is 11.8 Å². The Hall–Kier alpha value is -0.730. The topological polar surface area (TPSA) is 34.1 Å². The molecule has 0 saturated heterocycles. The number of halogens is 1. The summed E-state index contributed by atoms with van der Waals surface area (Å²) in [6.07, 6.45) is 0.505. The van der Waals surface area contributed by atoms with Crippen molar-refractivity contribution in [3.63, 3.8) is 0 Å². The van der Waals surface area contributed by atoms with Gasteiger partial charge in [-0.05, 0) is 25.7 Å². The van der Waals surface area contributed by atoms with Crippen LogP contribution in [0, 0.1) is 11.8 Å². The fourth-order valence-electron chi connectivity index (χ4n) is 1.94.